The molecule has 0 aromatic heterocycles. The van der Waals surface area contributed by atoms with Gasteiger partial charge in [0.1, 0.15) is 5.75 Å². The summed E-state index contributed by atoms with van der Waals surface area (Å²) in [6.07, 6.45) is 0.899. The molecule has 1 aromatic rings. The molecule has 3 nitrogen and oxygen atoms in total. The number of carbonyl (C=O) groups excluding carboxylic acids is 1. The molecule has 0 radical (unpaired) electrons. The summed E-state index contributed by atoms with van der Waals surface area (Å²) in [4.78, 5) is 13.5. The van der Waals surface area contributed by atoms with Crippen LogP contribution in [0.2, 0.25) is 0 Å². The molecule has 0 aliphatic carbocycles. The van der Waals surface area contributed by atoms with Gasteiger partial charge in [0.05, 0.1) is 13.2 Å². The summed E-state index contributed by atoms with van der Waals surface area (Å²) in [6, 6.07) is 7.66. The van der Waals surface area contributed by atoms with Crippen LogP contribution in [0.15, 0.2) is 36.4 Å². The molecule has 0 unspecified atom stereocenters. The van der Waals surface area contributed by atoms with Crippen molar-refractivity contribution < 1.29 is 9.53 Å². The lowest BCUT2D eigenvalue weighted by Gasteiger charge is -2.41. The smallest absolute Gasteiger partial charge is 0.256 e. The number of methoxy groups -OCH3 is 1. The highest BCUT2D eigenvalue weighted by molar-refractivity contribution is 6.14. The monoisotopic (exact) mass is 217 g/mol. The number of hydrogen-bond donors (Lipinski definition) is 0. The molecule has 1 aliphatic heterocycles. The maximum Gasteiger partial charge on any atom is 0.256 e. The van der Waals surface area contributed by atoms with Crippen molar-refractivity contribution in [2.75, 3.05) is 12.0 Å². The van der Waals surface area contributed by atoms with Crippen molar-refractivity contribution in [3.8, 4) is 5.75 Å². The number of amides is 1. The Labute approximate surface area is 95.3 Å². The van der Waals surface area contributed by atoms with Crippen LogP contribution in [0.5, 0.6) is 5.75 Å². The van der Waals surface area contributed by atoms with E-state index in [1.165, 1.54) is 0 Å². The molecule has 84 valence electrons. The normalized spacial score (nSPS) is 19.6. The van der Waals surface area contributed by atoms with Crippen LogP contribution in [0.3, 0.4) is 0 Å². The molecule has 1 fully saturated rings. The van der Waals surface area contributed by atoms with Crippen LogP contribution in [0, 0.1) is 0 Å². The Hall–Kier alpha value is -1.77. The molecular formula is C13H15NO2. The van der Waals surface area contributed by atoms with Crippen molar-refractivity contribution in [1.29, 1.82) is 0 Å². The number of hydrogen-bond acceptors (Lipinski definition) is 2. The highest BCUT2D eigenvalue weighted by atomic mass is 16.5. The van der Waals surface area contributed by atoms with Gasteiger partial charge in [-0.05, 0) is 30.7 Å². The van der Waals surface area contributed by atoms with Crippen LogP contribution in [0.25, 0.3) is 0 Å². The van der Waals surface area contributed by atoms with Gasteiger partial charge in [0.15, 0.2) is 0 Å². The van der Waals surface area contributed by atoms with E-state index >= 15 is 0 Å². The van der Waals surface area contributed by atoms with Crippen molar-refractivity contribution in [1.82, 2.24) is 0 Å². The molecule has 16 heavy (non-hydrogen) atoms. The molecule has 0 bridgehead atoms. The van der Waals surface area contributed by atoms with E-state index in [0.717, 1.165) is 17.9 Å². The van der Waals surface area contributed by atoms with Gasteiger partial charge in [0.2, 0.25) is 0 Å². The van der Waals surface area contributed by atoms with E-state index in [-0.39, 0.29) is 11.9 Å². The third-order valence-corrected chi connectivity index (χ3v) is 2.94. The lowest BCUT2D eigenvalue weighted by Crippen LogP contribution is -2.54. The molecule has 1 atom stereocenters. The summed E-state index contributed by atoms with van der Waals surface area (Å²) in [7, 11) is 1.63. The van der Waals surface area contributed by atoms with E-state index in [9.17, 15) is 4.79 Å². The number of rotatable bonds is 3. The molecule has 1 heterocycles. The van der Waals surface area contributed by atoms with Gasteiger partial charge in [-0.1, -0.05) is 13.5 Å². The third kappa shape index (κ3) is 1.48. The predicted molar refractivity (Wildman–Crippen MR) is 63.7 cm³/mol. The van der Waals surface area contributed by atoms with Crippen molar-refractivity contribution in [2.45, 2.75) is 19.4 Å². The number of carbonyl (C=O) groups is 1. The number of ether oxygens (including phenoxy) is 1. The predicted octanol–water partition coefficient (Wildman–Crippen LogP) is 2.38. The second-order valence-electron chi connectivity index (χ2n) is 3.82. The summed E-state index contributed by atoms with van der Waals surface area (Å²) in [5.74, 6) is 0.820. The van der Waals surface area contributed by atoms with Gasteiger partial charge in [-0.25, -0.2) is 0 Å². The Morgan fingerprint density at radius 2 is 2.00 bits per heavy atom. The second kappa shape index (κ2) is 4.00. The average Bonchev–Trinajstić information content (AvgIpc) is 2.34. The number of β-lactam (4-membered cyclic amide) rings is 1. The van der Waals surface area contributed by atoms with Gasteiger partial charge >= 0.3 is 0 Å². The Kier molecular flexibility index (Phi) is 2.69. The Morgan fingerprint density at radius 3 is 2.50 bits per heavy atom. The van der Waals surface area contributed by atoms with Crippen molar-refractivity contribution >= 4 is 11.6 Å². The van der Waals surface area contributed by atoms with E-state index < -0.39 is 0 Å². The van der Waals surface area contributed by atoms with Gasteiger partial charge in [0.25, 0.3) is 5.91 Å². The van der Waals surface area contributed by atoms with Crippen LogP contribution in [-0.2, 0) is 4.79 Å². The second-order valence-corrected chi connectivity index (χ2v) is 3.82. The topological polar surface area (TPSA) is 29.5 Å². The molecule has 1 aliphatic rings. The first-order valence-electron chi connectivity index (χ1n) is 5.35. The first-order chi connectivity index (χ1) is 7.69. The standard InChI is InChI=1S/C13H15NO2/c1-4-12-9(2)13(15)14(12)10-5-7-11(16-3)8-6-10/h5-8,12H,2,4H2,1,3H3/t12-/m0/s1. The van der Waals surface area contributed by atoms with Crippen LogP contribution >= 0.6 is 0 Å². The van der Waals surface area contributed by atoms with E-state index in [1.54, 1.807) is 12.0 Å². The fraction of sp³-hybridized carbons (Fsp3) is 0.308. The van der Waals surface area contributed by atoms with Gasteiger partial charge in [-0.2, -0.15) is 0 Å². The zero-order chi connectivity index (χ0) is 11.7. The molecular weight excluding hydrogens is 202 g/mol. The first-order valence-corrected chi connectivity index (χ1v) is 5.35. The number of benzene rings is 1. The van der Waals surface area contributed by atoms with Crippen LogP contribution in [0.1, 0.15) is 13.3 Å². The minimum atomic E-state index is 0.0250. The fourth-order valence-corrected chi connectivity index (χ4v) is 2.00. The molecule has 1 amide bonds. The first kappa shape index (κ1) is 10.7. The summed E-state index contributed by atoms with van der Waals surface area (Å²) >= 11 is 0. The number of nitrogens with zero attached hydrogens (tertiary/aromatic N) is 1. The average molecular weight is 217 g/mol. The SMILES string of the molecule is C=C1C(=O)N(c2ccc(OC)cc2)[C@H]1CC. The Balaban J connectivity index is 2.24. The number of anilines is 1. The van der Waals surface area contributed by atoms with Crippen LogP contribution in [-0.4, -0.2) is 19.1 Å². The van der Waals surface area contributed by atoms with Gasteiger partial charge < -0.3 is 9.64 Å². The maximum atomic E-state index is 11.7. The van der Waals surface area contributed by atoms with Gasteiger partial charge in [0, 0.05) is 11.3 Å². The van der Waals surface area contributed by atoms with Crippen LogP contribution in [0.4, 0.5) is 5.69 Å². The summed E-state index contributed by atoms with van der Waals surface area (Å²) in [6.45, 7) is 5.84. The van der Waals surface area contributed by atoms with E-state index in [0.29, 0.717) is 5.57 Å². The van der Waals surface area contributed by atoms with E-state index in [4.69, 9.17) is 4.74 Å². The lowest BCUT2D eigenvalue weighted by molar-refractivity contribution is -0.118. The highest BCUT2D eigenvalue weighted by Crippen LogP contribution is 2.33. The Bertz CT molecular complexity index is 422. The molecule has 2 rings (SSSR count). The van der Waals surface area contributed by atoms with Gasteiger partial charge in [-0.15, -0.1) is 0 Å². The van der Waals surface area contributed by atoms with Crippen molar-refractivity contribution in [3.63, 3.8) is 0 Å². The van der Waals surface area contributed by atoms with Crippen molar-refractivity contribution in [2.24, 2.45) is 0 Å². The van der Waals surface area contributed by atoms with E-state index in [1.807, 2.05) is 24.3 Å². The molecule has 3 heteroatoms. The van der Waals surface area contributed by atoms with Crippen molar-refractivity contribution in [3.05, 3.63) is 36.4 Å². The minimum absolute atomic E-state index is 0.0250. The minimum Gasteiger partial charge on any atom is -0.497 e. The van der Waals surface area contributed by atoms with E-state index in [2.05, 4.69) is 13.5 Å². The summed E-state index contributed by atoms with van der Waals surface area (Å²) in [5.41, 5.74) is 1.61. The third-order valence-electron chi connectivity index (χ3n) is 2.94. The highest BCUT2D eigenvalue weighted by Gasteiger charge is 2.39. The summed E-state index contributed by atoms with van der Waals surface area (Å²) < 4.78 is 5.08. The zero-order valence-electron chi connectivity index (χ0n) is 9.56. The fourth-order valence-electron chi connectivity index (χ4n) is 2.00. The van der Waals surface area contributed by atoms with Crippen LogP contribution < -0.4 is 9.64 Å². The zero-order valence-corrected chi connectivity index (χ0v) is 9.56. The molecule has 0 spiro atoms. The van der Waals surface area contributed by atoms with Gasteiger partial charge in [-0.3, -0.25) is 4.79 Å². The molecule has 1 saturated heterocycles. The summed E-state index contributed by atoms with van der Waals surface area (Å²) in [5, 5.41) is 0. The molecule has 0 N–H and O–H groups in total. The largest absolute Gasteiger partial charge is 0.497 e. The lowest BCUT2D eigenvalue weighted by atomic mass is 9.93. The molecule has 0 saturated carbocycles. The molecule has 1 aromatic carbocycles. The Morgan fingerprint density at radius 1 is 1.38 bits per heavy atom. The maximum absolute atomic E-state index is 11.7. The quantitative estimate of drug-likeness (QED) is 0.574.